The number of carbonyl (C=O) groups is 1. The number of benzene rings is 1. The second-order valence-electron chi connectivity index (χ2n) is 7.66. The summed E-state index contributed by atoms with van der Waals surface area (Å²) in [6.07, 6.45) is 7.54. The van der Waals surface area contributed by atoms with E-state index in [1.807, 2.05) is 41.0 Å². The maximum atomic E-state index is 12.4. The summed E-state index contributed by atoms with van der Waals surface area (Å²) >= 11 is 0. The number of rotatable bonds is 9. The number of nitrogens with zero attached hydrogens (tertiary/aromatic N) is 4. The van der Waals surface area contributed by atoms with Crippen molar-refractivity contribution in [1.29, 1.82) is 0 Å². The zero-order chi connectivity index (χ0) is 19.8. The summed E-state index contributed by atoms with van der Waals surface area (Å²) in [5.41, 5.74) is 1.26. The van der Waals surface area contributed by atoms with Gasteiger partial charge in [-0.3, -0.25) is 9.48 Å². The van der Waals surface area contributed by atoms with Crippen molar-refractivity contribution in [3.8, 4) is 5.75 Å². The Morgan fingerprint density at radius 1 is 1.29 bits per heavy atom. The molecule has 6 nitrogen and oxygen atoms in total. The van der Waals surface area contributed by atoms with E-state index < -0.39 is 0 Å². The first kappa shape index (κ1) is 20.4. The van der Waals surface area contributed by atoms with Crippen LogP contribution in [0.3, 0.4) is 0 Å². The largest absolute Gasteiger partial charge is 0.496 e. The minimum absolute atomic E-state index is 0.196. The van der Waals surface area contributed by atoms with Crippen molar-refractivity contribution in [2.24, 2.45) is 5.92 Å². The van der Waals surface area contributed by atoms with Crippen LogP contribution < -0.4 is 4.74 Å². The smallest absolute Gasteiger partial charge is 0.224 e. The molecule has 0 aliphatic carbocycles. The van der Waals surface area contributed by atoms with Crippen LogP contribution in [0, 0.1) is 5.92 Å². The maximum absolute atomic E-state index is 12.4. The van der Waals surface area contributed by atoms with Crippen molar-refractivity contribution in [2.75, 3.05) is 40.3 Å². The molecule has 152 valence electrons. The first-order chi connectivity index (χ1) is 13.7. The SMILES string of the molecule is COc1ccccc1CCN1CCCC(CN(C)C(=O)CCn2cccn2)C1. The van der Waals surface area contributed by atoms with Gasteiger partial charge in [0.05, 0.1) is 7.11 Å². The van der Waals surface area contributed by atoms with Gasteiger partial charge >= 0.3 is 0 Å². The monoisotopic (exact) mass is 384 g/mol. The van der Waals surface area contributed by atoms with E-state index in [-0.39, 0.29) is 5.91 Å². The highest BCUT2D eigenvalue weighted by Gasteiger charge is 2.22. The normalized spacial score (nSPS) is 17.4. The highest BCUT2D eigenvalue weighted by Crippen LogP contribution is 2.21. The Kier molecular flexibility index (Phi) is 7.48. The van der Waals surface area contributed by atoms with Crippen molar-refractivity contribution in [2.45, 2.75) is 32.2 Å². The minimum atomic E-state index is 0.196. The lowest BCUT2D eigenvalue weighted by Gasteiger charge is -2.34. The number of hydrogen-bond acceptors (Lipinski definition) is 4. The molecule has 2 aromatic rings. The maximum Gasteiger partial charge on any atom is 0.224 e. The van der Waals surface area contributed by atoms with E-state index in [0.29, 0.717) is 18.9 Å². The van der Waals surface area contributed by atoms with Gasteiger partial charge in [-0.25, -0.2) is 0 Å². The second-order valence-corrected chi connectivity index (χ2v) is 7.66. The third-order valence-electron chi connectivity index (χ3n) is 5.56. The predicted molar refractivity (Wildman–Crippen MR) is 110 cm³/mol. The number of carbonyl (C=O) groups excluding carboxylic acids is 1. The van der Waals surface area contributed by atoms with Gasteiger partial charge in [0.2, 0.25) is 5.91 Å². The van der Waals surface area contributed by atoms with Crippen LogP contribution in [0.15, 0.2) is 42.7 Å². The first-order valence-corrected chi connectivity index (χ1v) is 10.2. The van der Waals surface area contributed by atoms with E-state index in [1.54, 1.807) is 13.3 Å². The molecule has 1 aromatic carbocycles. The fraction of sp³-hybridized carbons (Fsp3) is 0.545. The number of aryl methyl sites for hydroxylation is 1. The first-order valence-electron chi connectivity index (χ1n) is 10.2. The summed E-state index contributed by atoms with van der Waals surface area (Å²) in [7, 11) is 3.66. The number of piperidine rings is 1. The zero-order valence-corrected chi connectivity index (χ0v) is 17.1. The molecule has 1 unspecified atom stereocenters. The molecule has 1 aliphatic rings. The molecular weight excluding hydrogens is 352 g/mol. The molecule has 3 rings (SSSR count). The molecule has 28 heavy (non-hydrogen) atoms. The summed E-state index contributed by atoms with van der Waals surface area (Å²) < 4.78 is 7.28. The molecule has 2 heterocycles. The topological polar surface area (TPSA) is 50.6 Å². The number of para-hydroxylation sites is 1. The Hall–Kier alpha value is -2.34. The molecule has 1 atom stereocenters. The highest BCUT2D eigenvalue weighted by molar-refractivity contribution is 5.75. The van der Waals surface area contributed by atoms with Gasteiger partial charge in [-0.1, -0.05) is 18.2 Å². The molecule has 1 amide bonds. The van der Waals surface area contributed by atoms with Gasteiger partial charge < -0.3 is 14.5 Å². The van der Waals surface area contributed by atoms with Crippen LogP contribution in [0.25, 0.3) is 0 Å². The third kappa shape index (κ3) is 5.83. The number of amides is 1. The van der Waals surface area contributed by atoms with Crippen LogP contribution in [0.2, 0.25) is 0 Å². The molecule has 0 saturated carbocycles. The van der Waals surface area contributed by atoms with E-state index in [1.165, 1.54) is 18.4 Å². The zero-order valence-electron chi connectivity index (χ0n) is 17.1. The number of aromatic nitrogens is 2. The summed E-state index contributed by atoms with van der Waals surface area (Å²) in [5, 5.41) is 4.16. The summed E-state index contributed by atoms with van der Waals surface area (Å²) in [4.78, 5) is 16.9. The highest BCUT2D eigenvalue weighted by atomic mass is 16.5. The molecule has 1 fully saturated rings. The van der Waals surface area contributed by atoms with E-state index in [0.717, 1.165) is 38.3 Å². The van der Waals surface area contributed by atoms with Crippen molar-refractivity contribution >= 4 is 5.91 Å². The Bertz CT molecular complexity index is 732. The Labute approximate surface area is 168 Å². The van der Waals surface area contributed by atoms with Gasteiger partial charge in [0.1, 0.15) is 5.75 Å². The molecule has 0 radical (unpaired) electrons. The van der Waals surface area contributed by atoms with Gasteiger partial charge in [-0.2, -0.15) is 5.10 Å². The van der Waals surface area contributed by atoms with Gasteiger partial charge in [0, 0.05) is 52.0 Å². The van der Waals surface area contributed by atoms with E-state index in [4.69, 9.17) is 4.74 Å². The van der Waals surface area contributed by atoms with Crippen molar-refractivity contribution in [1.82, 2.24) is 19.6 Å². The molecule has 1 aromatic heterocycles. The molecule has 0 N–H and O–H groups in total. The van der Waals surface area contributed by atoms with Crippen molar-refractivity contribution < 1.29 is 9.53 Å². The van der Waals surface area contributed by atoms with Gasteiger partial charge in [-0.05, 0) is 49.4 Å². The summed E-state index contributed by atoms with van der Waals surface area (Å²) in [6.45, 7) is 4.72. The average Bonchev–Trinajstić information content (AvgIpc) is 3.24. The van der Waals surface area contributed by atoms with Crippen LogP contribution in [0.4, 0.5) is 0 Å². The number of methoxy groups -OCH3 is 1. The lowest BCUT2D eigenvalue weighted by molar-refractivity contribution is -0.131. The minimum Gasteiger partial charge on any atom is -0.496 e. The van der Waals surface area contributed by atoms with Crippen molar-refractivity contribution in [3.05, 3.63) is 48.3 Å². The molecule has 1 saturated heterocycles. The summed E-state index contributed by atoms with van der Waals surface area (Å²) in [5.74, 6) is 1.71. The molecule has 6 heteroatoms. The van der Waals surface area contributed by atoms with E-state index in [2.05, 4.69) is 22.1 Å². The number of ether oxygens (including phenoxy) is 1. The molecular formula is C22H32N4O2. The predicted octanol–water partition coefficient (Wildman–Crippen LogP) is 2.69. The Morgan fingerprint density at radius 2 is 2.14 bits per heavy atom. The van der Waals surface area contributed by atoms with Crippen molar-refractivity contribution in [3.63, 3.8) is 0 Å². The quantitative estimate of drug-likeness (QED) is 0.667. The standard InChI is InChI=1S/C22H32N4O2/c1-24(22(27)11-16-26-14-6-12-23-26)17-19-7-5-13-25(18-19)15-10-20-8-3-4-9-21(20)28-2/h3-4,6,8-9,12,14,19H,5,7,10-11,13,15-18H2,1-2H3. The van der Waals surface area contributed by atoms with Gasteiger partial charge in [-0.15, -0.1) is 0 Å². The lowest BCUT2D eigenvalue weighted by Crippen LogP contribution is -2.42. The van der Waals surface area contributed by atoms with Gasteiger partial charge in [0.25, 0.3) is 0 Å². The van der Waals surface area contributed by atoms with Crippen LogP contribution >= 0.6 is 0 Å². The lowest BCUT2D eigenvalue weighted by atomic mass is 9.97. The van der Waals surface area contributed by atoms with Crippen LogP contribution in [-0.4, -0.2) is 65.8 Å². The Morgan fingerprint density at radius 3 is 2.93 bits per heavy atom. The molecule has 1 aliphatic heterocycles. The van der Waals surface area contributed by atoms with E-state index in [9.17, 15) is 4.79 Å². The van der Waals surface area contributed by atoms with Crippen LogP contribution in [0.1, 0.15) is 24.8 Å². The molecule has 0 bridgehead atoms. The average molecular weight is 385 g/mol. The second kappa shape index (κ2) is 10.3. The third-order valence-corrected chi connectivity index (χ3v) is 5.56. The summed E-state index contributed by atoms with van der Waals surface area (Å²) in [6, 6.07) is 10.1. The number of hydrogen-bond donors (Lipinski definition) is 0. The van der Waals surface area contributed by atoms with E-state index >= 15 is 0 Å². The number of likely N-dealkylation sites (tertiary alicyclic amines) is 1. The fourth-order valence-corrected chi connectivity index (χ4v) is 4.01. The fourth-order valence-electron chi connectivity index (χ4n) is 4.01. The van der Waals surface area contributed by atoms with Gasteiger partial charge in [0.15, 0.2) is 0 Å². The molecule has 0 spiro atoms. The Balaban J connectivity index is 1.43. The van der Waals surface area contributed by atoms with Crippen LogP contribution in [-0.2, 0) is 17.8 Å². The van der Waals surface area contributed by atoms with Crippen LogP contribution in [0.5, 0.6) is 5.75 Å².